The number of benzene rings is 2. The third kappa shape index (κ3) is 6.07. The molecule has 0 saturated heterocycles. The van der Waals surface area contributed by atoms with Crippen LogP contribution in [0, 0.1) is 0 Å². The summed E-state index contributed by atoms with van der Waals surface area (Å²) in [6, 6.07) is 13.1. The molecule has 0 aliphatic heterocycles. The Morgan fingerprint density at radius 1 is 1.06 bits per heavy atom. The van der Waals surface area contributed by atoms with E-state index in [9.17, 15) is 19.2 Å². The Kier molecular flexibility index (Phi) is 8.14. The second-order valence-corrected chi connectivity index (χ2v) is 8.30. The monoisotopic (exact) mass is 481 g/mol. The highest BCUT2D eigenvalue weighted by Gasteiger charge is 2.21. The zero-order valence-electron chi connectivity index (χ0n) is 18.7. The van der Waals surface area contributed by atoms with Crippen LogP contribution in [0.3, 0.4) is 0 Å². The Morgan fingerprint density at radius 3 is 2.38 bits per heavy atom. The molecule has 3 rings (SSSR count). The second kappa shape index (κ2) is 11.2. The van der Waals surface area contributed by atoms with E-state index in [0.29, 0.717) is 28.9 Å². The fraction of sp³-hybridized carbons (Fsp3) is 0.217. The van der Waals surface area contributed by atoms with Gasteiger partial charge in [0, 0.05) is 18.2 Å². The molecule has 176 valence electrons. The lowest BCUT2D eigenvalue weighted by molar-refractivity contribution is -0.116. The maximum absolute atomic E-state index is 12.7. The van der Waals surface area contributed by atoms with Crippen molar-refractivity contribution >= 4 is 40.9 Å². The van der Waals surface area contributed by atoms with Gasteiger partial charge in [0.1, 0.15) is 0 Å². The minimum atomic E-state index is -0.553. The number of esters is 1. The quantitative estimate of drug-likeness (QED) is 0.329. The molecule has 10 nitrogen and oxygen atoms in total. The average Bonchev–Trinajstić information content (AvgIpc) is 2.82. The fourth-order valence-electron chi connectivity index (χ4n) is 3.03. The number of rotatable bonds is 8. The number of H-pyrrole nitrogens is 1. The minimum Gasteiger partial charge on any atom is -0.465 e. The summed E-state index contributed by atoms with van der Waals surface area (Å²) in [5, 5.41) is 13.2. The van der Waals surface area contributed by atoms with E-state index in [0.717, 1.165) is 11.8 Å². The van der Waals surface area contributed by atoms with Gasteiger partial charge in [-0.15, -0.1) is 10.2 Å². The van der Waals surface area contributed by atoms with Crippen LogP contribution < -0.4 is 16.2 Å². The molecule has 11 heteroatoms. The van der Waals surface area contributed by atoms with E-state index in [2.05, 4.69) is 30.6 Å². The smallest absolute Gasteiger partial charge is 0.337 e. The van der Waals surface area contributed by atoms with Crippen LogP contribution in [-0.4, -0.2) is 45.3 Å². The van der Waals surface area contributed by atoms with E-state index in [1.165, 1.54) is 14.0 Å². The van der Waals surface area contributed by atoms with Gasteiger partial charge in [-0.05, 0) is 36.8 Å². The van der Waals surface area contributed by atoms with Gasteiger partial charge >= 0.3 is 5.97 Å². The maximum atomic E-state index is 12.7. The van der Waals surface area contributed by atoms with Crippen molar-refractivity contribution < 1.29 is 19.1 Å². The van der Waals surface area contributed by atoms with Crippen molar-refractivity contribution in [1.82, 2.24) is 15.2 Å². The van der Waals surface area contributed by atoms with E-state index >= 15 is 0 Å². The molecule has 34 heavy (non-hydrogen) atoms. The summed E-state index contributed by atoms with van der Waals surface area (Å²) in [6.07, 6.45) is 0.466. The highest BCUT2D eigenvalue weighted by Crippen LogP contribution is 2.26. The summed E-state index contributed by atoms with van der Waals surface area (Å²) in [4.78, 5) is 51.1. The highest BCUT2D eigenvalue weighted by atomic mass is 32.2. The largest absolute Gasteiger partial charge is 0.465 e. The molecule has 3 aromatic rings. The van der Waals surface area contributed by atoms with Crippen LogP contribution >= 0.6 is 11.8 Å². The van der Waals surface area contributed by atoms with Crippen LogP contribution in [-0.2, 0) is 14.3 Å². The predicted molar refractivity (Wildman–Crippen MR) is 129 cm³/mol. The first-order valence-corrected chi connectivity index (χ1v) is 11.2. The zero-order valence-corrected chi connectivity index (χ0v) is 19.6. The second-order valence-electron chi connectivity index (χ2n) is 7.11. The van der Waals surface area contributed by atoms with Crippen molar-refractivity contribution in [3.05, 3.63) is 64.4 Å². The van der Waals surface area contributed by atoms with Crippen LogP contribution in [0.5, 0.6) is 0 Å². The molecule has 0 spiro atoms. The molecule has 0 aliphatic carbocycles. The lowest BCUT2D eigenvalue weighted by Gasteiger charge is -2.14. The van der Waals surface area contributed by atoms with Gasteiger partial charge in [-0.2, -0.15) is 0 Å². The van der Waals surface area contributed by atoms with E-state index < -0.39 is 16.8 Å². The van der Waals surface area contributed by atoms with E-state index in [-0.39, 0.29) is 22.7 Å². The molecule has 0 aliphatic rings. The molecular formula is C23H23N5O5S. The first kappa shape index (κ1) is 24.6. The van der Waals surface area contributed by atoms with Crippen molar-refractivity contribution in [2.75, 3.05) is 17.7 Å². The van der Waals surface area contributed by atoms with E-state index in [1.807, 2.05) is 6.92 Å². The summed E-state index contributed by atoms with van der Waals surface area (Å²) < 4.78 is 4.66. The molecule has 2 amide bonds. The Bertz CT molecular complexity index is 1260. The van der Waals surface area contributed by atoms with Crippen LogP contribution in [0.15, 0.2) is 58.5 Å². The fourth-order valence-corrected chi connectivity index (χ4v) is 3.87. The number of hydrogen-bond acceptors (Lipinski definition) is 8. The van der Waals surface area contributed by atoms with Crippen LogP contribution in [0.4, 0.5) is 11.4 Å². The van der Waals surface area contributed by atoms with E-state index in [1.54, 1.807) is 48.5 Å². The molecule has 1 aromatic heterocycles. The van der Waals surface area contributed by atoms with Crippen molar-refractivity contribution in [1.29, 1.82) is 0 Å². The van der Waals surface area contributed by atoms with E-state index in [4.69, 9.17) is 0 Å². The molecule has 0 fully saturated rings. The molecule has 3 N–H and O–H groups in total. The number of para-hydroxylation sites is 1. The van der Waals surface area contributed by atoms with Gasteiger partial charge in [0.15, 0.2) is 10.9 Å². The molecule has 1 heterocycles. The Labute approximate surface area is 199 Å². The molecule has 1 atom stereocenters. The van der Waals surface area contributed by atoms with Gasteiger partial charge in [-0.3, -0.25) is 19.4 Å². The van der Waals surface area contributed by atoms with Gasteiger partial charge in [0.25, 0.3) is 5.56 Å². The summed E-state index contributed by atoms with van der Waals surface area (Å²) in [5.74, 6) is -1.03. The average molecular weight is 482 g/mol. The van der Waals surface area contributed by atoms with Crippen LogP contribution in [0.1, 0.15) is 30.6 Å². The normalized spacial score (nSPS) is 11.4. The lowest BCUT2D eigenvalue weighted by Crippen LogP contribution is -2.25. The Morgan fingerprint density at radius 2 is 1.76 bits per heavy atom. The zero-order chi connectivity index (χ0) is 24.7. The van der Waals surface area contributed by atoms with Gasteiger partial charge in [0.05, 0.1) is 23.6 Å². The summed E-state index contributed by atoms with van der Waals surface area (Å²) in [6.45, 7) is 3.21. The summed E-state index contributed by atoms with van der Waals surface area (Å²) in [5.41, 5.74) is 1.32. The Balaban J connectivity index is 1.74. The molecule has 0 saturated carbocycles. The number of aromatic nitrogens is 3. The van der Waals surface area contributed by atoms with Crippen molar-refractivity contribution in [3.63, 3.8) is 0 Å². The maximum Gasteiger partial charge on any atom is 0.337 e. The number of anilines is 2. The van der Waals surface area contributed by atoms with Gasteiger partial charge in [-0.25, -0.2) is 4.79 Å². The van der Waals surface area contributed by atoms with Gasteiger partial charge < -0.3 is 15.4 Å². The SMILES string of the molecule is CCC(Sc1nnc(-c2ccccc2NC(C)=O)c(=O)[nH]1)C(=O)Nc1ccc(C(=O)OC)cc1. The molecule has 2 aromatic carbocycles. The third-order valence-electron chi connectivity index (χ3n) is 4.66. The molecule has 0 bridgehead atoms. The molecule has 1 unspecified atom stereocenters. The third-order valence-corrected chi connectivity index (χ3v) is 5.90. The number of carbonyl (C=O) groups excluding carboxylic acids is 3. The number of amides is 2. The number of nitrogens with zero attached hydrogens (tertiary/aromatic N) is 2. The standard InChI is InChI=1S/C23H23N5O5S/c1-4-18(20(30)25-15-11-9-14(10-12-15)22(32)33-3)34-23-26-21(31)19(27-28-23)16-7-5-6-8-17(16)24-13(2)29/h5-12,18H,4H2,1-3H3,(H,24,29)(H,25,30)(H,26,28,31). The topological polar surface area (TPSA) is 143 Å². The number of thioether (sulfide) groups is 1. The number of aromatic amines is 1. The predicted octanol–water partition coefficient (Wildman–Crippen LogP) is 3.09. The van der Waals surface area contributed by atoms with Crippen LogP contribution in [0.2, 0.25) is 0 Å². The number of nitrogens with one attached hydrogen (secondary N) is 3. The van der Waals surface area contributed by atoms with Crippen molar-refractivity contribution in [2.24, 2.45) is 0 Å². The highest BCUT2D eigenvalue weighted by molar-refractivity contribution is 8.00. The molecule has 0 radical (unpaired) electrons. The van der Waals surface area contributed by atoms with Crippen molar-refractivity contribution in [3.8, 4) is 11.3 Å². The number of methoxy groups -OCH3 is 1. The Hall–Kier alpha value is -3.99. The minimum absolute atomic E-state index is 0.0527. The summed E-state index contributed by atoms with van der Waals surface area (Å²) >= 11 is 1.08. The summed E-state index contributed by atoms with van der Waals surface area (Å²) in [7, 11) is 1.29. The number of ether oxygens (including phenoxy) is 1. The first-order valence-electron chi connectivity index (χ1n) is 10.3. The van der Waals surface area contributed by atoms with Crippen molar-refractivity contribution in [2.45, 2.75) is 30.7 Å². The first-order chi connectivity index (χ1) is 16.3. The molecular weight excluding hydrogens is 458 g/mol. The lowest BCUT2D eigenvalue weighted by atomic mass is 10.1. The number of hydrogen-bond donors (Lipinski definition) is 3. The van der Waals surface area contributed by atoms with Gasteiger partial charge in [0.2, 0.25) is 11.8 Å². The van der Waals surface area contributed by atoms with Gasteiger partial charge in [-0.1, -0.05) is 36.9 Å². The van der Waals surface area contributed by atoms with Crippen LogP contribution in [0.25, 0.3) is 11.3 Å². The number of carbonyl (C=O) groups is 3.